The SMILES string of the molecule is O=C1CCC[C@@H]2CC[C@@H](c3c(F)cc(F)cc3F)N12. The first-order valence-electron chi connectivity index (χ1n) is 6.53. The minimum absolute atomic E-state index is 0.0538. The molecule has 2 saturated heterocycles. The molecular formula is C14H14F3NO. The number of carbonyl (C=O) groups is 1. The smallest absolute Gasteiger partial charge is 0.223 e. The summed E-state index contributed by atoms with van der Waals surface area (Å²) in [7, 11) is 0. The van der Waals surface area contributed by atoms with E-state index in [1.165, 1.54) is 0 Å². The van der Waals surface area contributed by atoms with E-state index in [1.807, 2.05) is 0 Å². The van der Waals surface area contributed by atoms with E-state index >= 15 is 0 Å². The largest absolute Gasteiger partial charge is 0.332 e. The summed E-state index contributed by atoms with van der Waals surface area (Å²) in [6.07, 6.45) is 3.44. The predicted octanol–water partition coefficient (Wildman–Crippen LogP) is 3.32. The Hall–Kier alpha value is -1.52. The lowest BCUT2D eigenvalue weighted by molar-refractivity contribution is -0.137. The number of carbonyl (C=O) groups excluding carboxylic acids is 1. The van der Waals surface area contributed by atoms with Crippen LogP contribution in [0.2, 0.25) is 0 Å². The average molecular weight is 269 g/mol. The Kier molecular flexibility index (Phi) is 2.99. The molecule has 2 aliphatic rings. The number of piperidine rings is 1. The van der Waals surface area contributed by atoms with Crippen molar-refractivity contribution in [2.24, 2.45) is 0 Å². The zero-order chi connectivity index (χ0) is 13.6. The summed E-state index contributed by atoms with van der Waals surface area (Å²) < 4.78 is 40.6. The van der Waals surface area contributed by atoms with Gasteiger partial charge in [-0.25, -0.2) is 13.2 Å². The van der Waals surface area contributed by atoms with Gasteiger partial charge in [0.2, 0.25) is 5.91 Å². The molecule has 1 aromatic carbocycles. The fraction of sp³-hybridized carbons (Fsp3) is 0.500. The van der Waals surface area contributed by atoms with Gasteiger partial charge in [-0.2, -0.15) is 0 Å². The first kappa shape index (κ1) is 12.5. The lowest BCUT2D eigenvalue weighted by Crippen LogP contribution is -2.40. The maximum Gasteiger partial charge on any atom is 0.223 e. The molecule has 0 N–H and O–H groups in total. The van der Waals surface area contributed by atoms with Crippen LogP contribution in [-0.2, 0) is 4.79 Å². The summed E-state index contributed by atoms with van der Waals surface area (Å²) in [5, 5.41) is 0. The molecule has 1 amide bonds. The Bertz CT molecular complexity index is 508. The molecule has 2 nitrogen and oxygen atoms in total. The van der Waals surface area contributed by atoms with Crippen LogP contribution in [-0.4, -0.2) is 16.8 Å². The first-order valence-corrected chi connectivity index (χ1v) is 6.53. The van der Waals surface area contributed by atoms with Gasteiger partial charge in [-0.1, -0.05) is 0 Å². The molecular weight excluding hydrogens is 255 g/mol. The van der Waals surface area contributed by atoms with E-state index in [-0.39, 0.29) is 17.5 Å². The van der Waals surface area contributed by atoms with Gasteiger partial charge in [0.1, 0.15) is 17.5 Å². The quantitative estimate of drug-likeness (QED) is 0.766. The van der Waals surface area contributed by atoms with Gasteiger partial charge >= 0.3 is 0 Å². The molecule has 102 valence electrons. The lowest BCUT2D eigenvalue weighted by atomic mass is 10.0. The van der Waals surface area contributed by atoms with Crippen LogP contribution in [0, 0.1) is 17.5 Å². The number of benzene rings is 1. The molecule has 0 spiro atoms. The molecule has 0 bridgehead atoms. The van der Waals surface area contributed by atoms with Gasteiger partial charge in [0.15, 0.2) is 0 Å². The summed E-state index contributed by atoms with van der Waals surface area (Å²) >= 11 is 0. The second kappa shape index (κ2) is 4.54. The van der Waals surface area contributed by atoms with Crippen molar-refractivity contribution in [1.29, 1.82) is 0 Å². The van der Waals surface area contributed by atoms with Crippen LogP contribution < -0.4 is 0 Å². The highest BCUT2D eigenvalue weighted by Crippen LogP contribution is 2.42. The fourth-order valence-electron chi connectivity index (χ4n) is 3.32. The summed E-state index contributed by atoms with van der Waals surface area (Å²) in [4.78, 5) is 13.6. The highest BCUT2D eigenvalue weighted by Gasteiger charge is 2.41. The van der Waals surface area contributed by atoms with Gasteiger partial charge in [0.05, 0.1) is 6.04 Å². The molecule has 0 saturated carbocycles. The van der Waals surface area contributed by atoms with Crippen LogP contribution in [0.15, 0.2) is 12.1 Å². The van der Waals surface area contributed by atoms with Gasteiger partial charge in [0.25, 0.3) is 0 Å². The van der Waals surface area contributed by atoms with Crippen molar-refractivity contribution < 1.29 is 18.0 Å². The highest BCUT2D eigenvalue weighted by molar-refractivity contribution is 5.78. The van der Waals surface area contributed by atoms with E-state index in [1.54, 1.807) is 4.90 Å². The zero-order valence-electron chi connectivity index (χ0n) is 10.3. The Balaban J connectivity index is 2.01. The van der Waals surface area contributed by atoms with E-state index in [9.17, 15) is 18.0 Å². The number of halogens is 3. The van der Waals surface area contributed by atoms with Crippen molar-refractivity contribution in [2.45, 2.75) is 44.2 Å². The van der Waals surface area contributed by atoms with Gasteiger partial charge in [-0.15, -0.1) is 0 Å². The molecule has 1 aromatic rings. The summed E-state index contributed by atoms with van der Waals surface area (Å²) in [6.45, 7) is 0. The standard InChI is InChI=1S/C14H14F3NO/c15-8-6-10(16)14(11(17)7-8)12-5-4-9-2-1-3-13(19)18(9)12/h6-7,9,12H,1-5H2/t9-,12+/m1/s1. The number of hydrogen-bond acceptors (Lipinski definition) is 1. The average Bonchev–Trinajstić information content (AvgIpc) is 2.73. The van der Waals surface area contributed by atoms with Crippen molar-refractivity contribution in [3.63, 3.8) is 0 Å². The molecule has 0 radical (unpaired) electrons. The highest BCUT2D eigenvalue weighted by atomic mass is 19.1. The number of nitrogens with zero attached hydrogens (tertiary/aromatic N) is 1. The minimum atomic E-state index is -0.932. The Morgan fingerprint density at radius 1 is 1.05 bits per heavy atom. The lowest BCUT2D eigenvalue weighted by Gasteiger charge is -2.34. The summed E-state index contributed by atoms with van der Waals surface area (Å²) in [6, 6.07) is 0.855. The first-order chi connectivity index (χ1) is 9.08. The Morgan fingerprint density at radius 3 is 2.42 bits per heavy atom. The maximum absolute atomic E-state index is 13.8. The van der Waals surface area contributed by atoms with Crippen LogP contribution in [0.25, 0.3) is 0 Å². The zero-order valence-corrected chi connectivity index (χ0v) is 10.3. The number of amides is 1. The van der Waals surface area contributed by atoms with Gasteiger partial charge in [-0.05, 0) is 25.7 Å². The van der Waals surface area contributed by atoms with Crippen molar-refractivity contribution in [3.8, 4) is 0 Å². The third kappa shape index (κ3) is 2.01. The minimum Gasteiger partial charge on any atom is -0.332 e. The number of hydrogen-bond donors (Lipinski definition) is 0. The molecule has 2 fully saturated rings. The monoisotopic (exact) mass is 269 g/mol. The van der Waals surface area contributed by atoms with E-state index < -0.39 is 23.5 Å². The van der Waals surface area contributed by atoms with Crippen LogP contribution in [0.4, 0.5) is 13.2 Å². The van der Waals surface area contributed by atoms with E-state index in [0.717, 1.165) is 19.3 Å². The van der Waals surface area contributed by atoms with E-state index in [0.29, 0.717) is 25.0 Å². The molecule has 3 rings (SSSR count). The molecule has 2 aliphatic heterocycles. The second-order valence-electron chi connectivity index (χ2n) is 5.22. The number of fused-ring (bicyclic) bond motifs is 1. The van der Waals surface area contributed by atoms with E-state index in [2.05, 4.69) is 0 Å². The summed E-state index contributed by atoms with van der Waals surface area (Å²) in [5.74, 6) is -2.79. The van der Waals surface area contributed by atoms with Gasteiger partial charge in [0, 0.05) is 30.2 Å². The van der Waals surface area contributed by atoms with Crippen molar-refractivity contribution >= 4 is 5.91 Å². The Labute approximate surface area is 109 Å². The van der Waals surface area contributed by atoms with Gasteiger partial charge in [-0.3, -0.25) is 4.79 Å². The van der Waals surface area contributed by atoms with Crippen molar-refractivity contribution in [2.75, 3.05) is 0 Å². The third-order valence-corrected chi connectivity index (χ3v) is 4.10. The molecule has 0 aliphatic carbocycles. The van der Waals surface area contributed by atoms with Gasteiger partial charge < -0.3 is 4.90 Å². The summed E-state index contributed by atoms with van der Waals surface area (Å²) in [5.41, 5.74) is -0.167. The molecule has 19 heavy (non-hydrogen) atoms. The molecule has 2 heterocycles. The molecule has 0 aromatic heterocycles. The molecule has 0 unspecified atom stereocenters. The van der Waals surface area contributed by atoms with Crippen molar-refractivity contribution in [1.82, 2.24) is 4.90 Å². The normalized spacial score (nSPS) is 26.7. The third-order valence-electron chi connectivity index (χ3n) is 4.10. The van der Waals surface area contributed by atoms with Crippen LogP contribution in [0.5, 0.6) is 0 Å². The predicted molar refractivity (Wildman–Crippen MR) is 62.8 cm³/mol. The second-order valence-corrected chi connectivity index (χ2v) is 5.22. The molecule has 5 heteroatoms. The van der Waals surface area contributed by atoms with E-state index in [4.69, 9.17) is 0 Å². The van der Waals surface area contributed by atoms with Crippen LogP contribution in [0.3, 0.4) is 0 Å². The fourth-order valence-corrected chi connectivity index (χ4v) is 3.32. The topological polar surface area (TPSA) is 20.3 Å². The van der Waals surface area contributed by atoms with Crippen LogP contribution in [0.1, 0.15) is 43.7 Å². The molecule has 2 atom stereocenters. The van der Waals surface area contributed by atoms with Crippen LogP contribution >= 0.6 is 0 Å². The van der Waals surface area contributed by atoms with Crippen molar-refractivity contribution in [3.05, 3.63) is 35.1 Å². The number of rotatable bonds is 1. The maximum atomic E-state index is 13.8. The Morgan fingerprint density at radius 2 is 1.74 bits per heavy atom.